The molecule has 3 nitrogen and oxygen atoms in total. The normalized spacial score (nSPS) is 26.7. The van der Waals surface area contributed by atoms with Gasteiger partial charge < -0.3 is 10.2 Å². The Bertz CT molecular complexity index is 697. The van der Waals surface area contributed by atoms with Crippen LogP contribution < -0.4 is 5.32 Å². The molecule has 1 aromatic carbocycles. The fourth-order valence-corrected chi connectivity index (χ4v) is 4.51. The van der Waals surface area contributed by atoms with Crippen molar-refractivity contribution in [1.29, 1.82) is 0 Å². The Labute approximate surface area is 138 Å². The third-order valence-electron chi connectivity index (χ3n) is 4.71. The molecule has 22 heavy (non-hydrogen) atoms. The van der Waals surface area contributed by atoms with E-state index >= 15 is 0 Å². The lowest BCUT2D eigenvalue weighted by atomic mass is 9.84. The summed E-state index contributed by atoms with van der Waals surface area (Å²) in [5, 5.41) is 3.60. The maximum absolute atomic E-state index is 14.4. The SMILES string of the molecule is Cl.O=C(N[C@H]1CN2CCC1CC2)c1sc2ccccc2c1F. The summed E-state index contributed by atoms with van der Waals surface area (Å²) in [6, 6.07) is 7.42. The number of halogens is 2. The molecular weight excluding hydrogens is 323 g/mol. The third-order valence-corrected chi connectivity index (χ3v) is 5.86. The molecule has 5 rings (SSSR count). The standard InChI is InChI=1S/C16H17FN2OS.ClH/c17-14-11-3-1-2-4-13(11)21-15(14)16(20)18-12-9-19-7-5-10(12)6-8-19;/h1-4,10,12H,5-9H2,(H,18,20);1H/t12-;/m0./s1. The second-order valence-electron chi connectivity index (χ2n) is 5.96. The van der Waals surface area contributed by atoms with Crippen LogP contribution in [0.25, 0.3) is 10.1 Å². The Morgan fingerprint density at radius 3 is 2.64 bits per heavy atom. The van der Waals surface area contributed by atoms with Gasteiger partial charge in [0, 0.05) is 22.7 Å². The van der Waals surface area contributed by atoms with Crippen LogP contribution in [-0.2, 0) is 0 Å². The van der Waals surface area contributed by atoms with Gasteiger partial charge in [-0.25, -0.2) is 4.39 Å². The Hall–Kier alpha value is -1.17. The number of carbonyl (C=O) groups is 1. The molecule has 1 atom stereocenters. The highest BCUT2D eigenvalue weighted by molar-refractivity contribution is 7.20. The van der Waals surface area contributed by atoms with Crippen molar-refractivity contribution in [3.05, 3.63) is 35.0 Å². The molecule has 1 N–H and O–H groups in total. The van der Waals surface area contributed by atoms with Crippen LogP contribution in [0.4, 0.5) is 4.39 Å². The summed E-state index contributed by atoms with van der Waals surface area (Å²) in [6.45, 7) is 3.17. The first-order chi connectivity index (χ1) is 10.2. The van der Waals surface area contributed by atoms with Gasteiger partial charge in [-0.2, -0.15) is 0 Å². The molecule has 3 aliphatic heterocycles. The molecule has 0 aliphatic carbocycles. The summed E-state index contributed by atoms with van der Waals surface area (Å²) >= 11 is 1.24. The zero-order chi connectivity index (χ0) is 14.4. The molecule has 3 aliphatic rings. The van der Waals surface area contributed by atoms with Crippen molar-refractivity contribution >= 4 is 39.7 Å². The Morgan fingerprint density at radius 1 is 1.27 bits per heavy atom. The molecule has 2 aromatic rings. The van der Waals surface area contributed by atoms with Crippen LogP contribution in [0.2, 0.25) is 0 Å². The van der Waals surface area contributed by atoms with Crippen LogP contribution >= 0.6 is 23.7 Å². The van der Waals surface area contributed by atoms with Crippen LogP contribution in [0.15, 0.2) is 24.3 Å². The second-order valence-corrected chi connectivity index (χ2v) is 7.01. The van der Waals surface area contributed by atoms with E-state index in [2.05, 4.69) is 10.2 Å². The van der Waals surface area contributed by atoms with Gasteiger partial charge in [-0.3, -0.25) is 4.79 Å². The lowest BCUT2D eigenvalue weighted by molar-refractivity contribution is 0.0621. The molecule has 0 radical (unpaired) electrons. The number of nitrogens with one attached hydrogen (secondary N) is 1. The predicted octanol–water partition coefficient (Wildman–Crippen LogP) is 3.29. The van der Waals surface area contributed by atoms with E-state index in [0.717, 1.165) is 37.2 Å². The molecule has 2 bridgehead atoms. The van der Waals surface area contributed by atoms with E-state index < -0.39 is 0 Å². The summed E-state index contributed by atoms with van der Waals surface area (Å²) in [5.41, 5.74) is 0. The minimum Gasteiger partial charge on any atom is -0.347 e. The summed E-state index contributed by atoms with van der Waals surface area (Å²) < 4.78 is 15.2. The average molecular weight is 341 g/mol. The van der Waals surface area contributed by atoms with Gasteiger partial charge in [0.15, 0.2) is 5.82 Å². The predicted molar refractivity (Wildman–Crippen MR) is 89.4 cm³/mol. The quantitative estimate of drug-likeness (QED) is 0.910. The Balaban J connectivity index is 0.00000144. The number of benzene rings is 1. The van der Waals surface area contributed by atoms with Crippen LogP contribution in [0.1, 0.15) is 22.5 Å². The molecule has 3 fully saturated rings. The number of thiophene rings is 1. The first-order valence-electron chi connectivity index (χ1n) is 7.42. The van der Waals surface area contributed by atoms with Crippen LogP contribution in [-0.4, -0.2) is 36.5 Å². The molecule has 6 heteroatoms. The molecule has 1 aromatic heterocycles. The number of carbonyl (C=O) groups excluding carboxylic acids is 1. The van der Waals surface area contributed by atoms with Crippen molar-refractivity contribution < 1.29 is 9.18 Å². The molecule has 0 unspecified atom stereocenters. The van der Waals surface area contributed by atoms with Gasteiger partial charge in [0.25, 0.3) is 5.91 Å². The highest BCUT2D eigenvalue weighted by Gasteiger charge is 2.35. The van der Waals surface area contributed by atoms with E-state index in [1.165, 1.54) is 11.3 Å². The maximum atomic E-state index is 14.4. The zero-order valence-electron chi connectivity index (χ0n) is 12.0. The molecular formula is C16H18ClFN2OS. The van der Waals surface area contributed by atoms with Gasteiger partial charge >= 0.3 is 0 Å². The minimum atomic E-state index is -0.380. The van der Waals surface area contributed by atoms with Crippen LogP contribution in [0.3, 0.4) is 0 Å². The van der Waals surface area contributed by atoms with Gasteiger partial charge in [-0.05, 0) is 37.9 Å². The number of rotatable bonds is 2. The summed E-state index contributed by atoms with van der Waals surface area (Å²) in [7, 11) is 0. The highest BCUT2D eigenvalue weighted by atomic mass is 35.5. The largest absolute Gasteiger partial charge is 0.347 e. The Morgan fingerprint density at radius 2 is 2.00 bits per heavy atom. The number of fused-ring (bicyclic) bond motifs is 4. The minimum absolute atomic E-state index is 0. The van der Waals surface area contributed by atoms with E-state index in [1.807, 2.05) is 12.1 Å². The van der Waals surface area contributed by atoms with Crippen molar-refractivity contribution in [3.8, 4) is 0 Å². The lowest BCUT2D eigenvalue weighted by Gasteiger charge is -2.44. The smallest absolute Gasteiger partial charge is 0.264 e. The number of hydrogen-bond acceptors (Lipinski definition) is 3. The summed E-state index contributed by atoms with van der Waals surface area (Å²) in [5.74, 6) is -0.0850. The highest BCUT2D eigenvalue weighted by Crippen LogP contribution is 2.31. The molecule has 0 saturated carbocycles. The van der Waals surface area contributed by atoms with Crippen molar-refractivity contribution in [1.82, 2.24) is 10.2 Å². The van der Waals surface area contributed by atoms with E-state index in [1.54, 1.807) is 12.1 Å². The van der Waals surface area contributed by atoms with Gasteiger partial charge in [0.2, 0.25) is 0 Å². The maximum Gasteiger partial charge on any atom is 0.264 e. The van der Waals surface area contributed by atoms with Crippen molar-refractivity contribution in [2.75, 3.05) is 19.6 Å². The number of nitrogens with zero attached hydrogens (tertiary/aromatic N) is 1. The third kappa shape index (κ3) is 2.62. The average Bonchev–Trinajstić information content (AvgIpc) is 2.86. The summed E-state index contributed by atoms with van der Waals surface area (Å²) in [4.78, 5) is 15.0. The fourth-order valence-electron chi connectivity index (χ4n) is 3.52. The van der Waals surface area contributed by atoms with E-state index in [9.17, 15) is 9.18 Å². The molecule has 1 amide bonds. The van der Waals surface area contributed by atoms with Crippen molar-refractivity contribution in [2.24, 2.45) is 5.92 Å². The van der Waals surface area contributed by atoms with Gasteiger partial charge in [0.1, 0.15) is 4.88 Å². The lowest BCUT2D eigenvalue weighted by Crippen LogP contribution is -2.57. The van der Waals surface area contributed by atoms with Crippen molar-refractivity contribution in [3.63, 3.8) is 0 Å². The van der Waals surface area contributed by atoms with Gasteiger partial charge in [-0.1, -0.05) is 18.2 Å². The molecule has 3 saturated heterocycles. The Kier molecular flexibility index (Phi) is 4.39. The molecule has 0 spiro atoms. The first-order valence-corrected chi connectivity index (χ1v) is 8.24. The fraction of sp³-hybridized carbons (Fsp3) is 0.438. The second kappa shape index (κ2) is 6.14. The monoisotopic (exact) mass is 340 g/mol. The number of amides is 1. The number of piperidine rings is 3. The number of hydrogen-bond donors (Lipinski definition) is 1. The topological polar surface area (TPSA) is 32.3 Å². The van der Waals surface area contributed by atoms with Crippen molar-refractivity contribution in [2.45, 2.75) is 18.9 Å². The zero-order valence-corrected chi connectivity index (χ0v) is 13.7. The first kappa shape index (κ1) is 15.7. The molecule has 4 heterocycles. The van der Waals surface area contributed by atoms with Crippen LogP contribution in [0, 0.1) is 11.7 Å². The molecule has 118 valence electrons. The van der Waals surface area contributed by atoms with E-state index in [-0.39, 0.29) is 35.1 Å². The van der Waals surface area contributed by atoms with Gasteiger partial charge in [0.05, 0.1) is 0 Å². The van der Waals surface area contributed by atoms with E-state index in [4.69, 9.17) is 0 Å². The van der Waals surface area contributed by atoms with Gasteiger partial charge in [-0.15, -0.1) is 23.7 Å². The van der Waals surface area contributed by atoms with Crippen LogP contribution in [0.5, 0.6) is 0 Å². The van der Waals surface area contributed by atoms with E-state index in [0.29, 0.717) is 11.3 Å². The summed E-state index contributed by atoms with van der Waals surface area (Å²) in [6.07, 6.45) is 2.28.